The molecular weight excluding hydrogens is 672 g/mol. The van der Waals surface area contributed by atoms with Gasteiger partial charge in [-0.25, -0.2) is 0 Å². The van der Waals surface area contributed by atoms with Crippen LogP contribution < -0.4 is 0 Å². The number of carbonyl (C=O) groups excluding carboxylic acids is 3. The maximum absolute atomic E-state index is 12.8. The van der Waals surface area contributed by atoms with Crippen LogP contribution in [0.5, 0.6) is 0 Å². The average molecular weight is 741 g/mol. The Balaban J connectivity index is 5.08. The summed E-state index contributed by atoms with van der Waals surface area (Å²) < 4.78 is 16.0. The first-order chi connectivity index (χ1) is 24.2. The van der Waals surface area contributed by atoms with Crippen LogP contribution in [0.1, 0.15) is 136 Å². The van der Waals surface area contributed by atoms with E-state index in [2.05, 4.69) is 0 Å². The number of hydrogen-bond donors (Lipinski definition) is 9. The van der Waals surface area contributed by atoms with E-state index in [1.165, 1.54) is 0 Å². The molecule has 0 unspecified atom stereocenters. The van der Waals surface area contributed by atoms with Crippen LogP contribution in [0.3, 0.4) is 0 Å². The molecule has 0 aromatic rings. The molecule has 0 aliphatic heterocycles. The lowest BCUT2D eigenvalue weighted by Crippen LogP contribution is -2.47. The molecular formula is C36H68O15. The van der Waals surface area contributed by atoms with Crippen LogP contribution in [0.4, 0.5) is 0 Å². The maximum atomic E-state index is 12.8. The third kappa shape index (κ3) is 24.8. The highest BCUT2D eigenvalue weighted by molar-refractivity contribution is 5.71. The predicted octanol–water partition coefficient (Wildman–Crippen LogP) is 1.31. The first kappa shape index (κ1) is 49.0. The van der Waals surface area contributed by atoms with Crippen molar-refractivity contribution in [2.45, 2.75) is 197 Å². The summed E-state index contributed by atoms with van der Waals surface area (Å²) in [4.78, 5) is 37.7. The number of carbonyl (C=O) groups is 3. The Morgan fingerprint density at radius 1 is 0.490 bits per heavy atom. The molecule has 0 aromatic carbocycles. The normalized spacial score (nSPS) is 17.6. The van der Waals surface area contributed by atoms with Crippen molar-refractivity contribution in [3.63, 3.8) is 0 Å². The van der Waals surface area contributed by atoms with Gasteiger partial charge in [-0.2, -0.15) is 0 Å². The SMILES string of the molecule is CCCCC[C@H](O)C[C@@H](O)CC(=O)O[C@@H](CCCCC)C[C@H](O)CC(=O)O[C@@H](CCCCC)C[C@H](O)CC(=O)OC[C@H](O)[C@H](O)[C@H](O)[C@H](O)CO. The van der Waals surface area contributed by atoms with E-state index < -0.39 is 105 Å². The van der Waals surface area contributed by atoms with E-state index in [-0.39, 0.29) is 25.7 Å². The van der Waals surface area contributed by atoms with Crippen LogP contribution in [0.15, 0.2) is 0 Å². The van der Waals surface area contributed by atoms with E-state index in [0.717, 1.165) is 51.4 Å². The van der Waals surface area contributed by atoms with Crippen LogP contribution in [0.2, 0.25) is 0 Å². The van der Waals surface area contributed by atoms with E-state index in [1.807, 2.05) is 20.8 Å². The smallest absolute Gasteiger partial charge is 0.308 e. The summed E-state index contributed by atoms with van der Waals surface area (Å²) in [6.45, 7) is 4.43. The highest BCUT2D eigenvalue weighted by Gasteiger charge is 2.31. The Kier molecular flexibility index (Phi) is 28.4. The van der Waals surface area contributed by atoms with E-state index in [1.54, 1.807) is 0 Å². The van der Waals surface area contributed by atoms with Gasteiger partial charge in [0.05, 0.1) is 50.3 Å². The van der Waals surface area contributed by atoms with Crippen molar-refractivity contribution in [2.24, 2.45) is 0 Å². The molecule has 15 nitrogen and oxygen atoms in total. The molecule has 0 bridgehead atoms. The zero-order valence-corrected chi connectivity index (χ0v) is 30.9. The molecule has 0 spiro atoms. The zero-order chi connectivity index (χ0) is 38.8. The Labute approximate surface area is 302 Å². The van der Waals surface area contributed by atoms with Gasteiger partial charge in [0, 0.05) is 12.8 Å². The largest absolute Gasteiger partial charge is 0.463 e. The van der Waals surface area contributed by atoms with Crippen LogP contribution in [-0.4, -0.2) is 138 Å². The monoisotopic (exact) mass is 740 g/mol. The molecule has 0 saturated heterocycles. The molecule has 0 rings (SSSR count). The Morgan fingerprint density at radius 3 is 1.31 bits per heavy atom. The van der Waals surface area contributed by atoms with Gasteiger partial charge in [-0.3, -0.25) is 14.4 Å². The molecule has 51 heavy (non-hydrogen) atoms. The molecule has 0 aromatic heterocycles. The van der Waals surface area contributed by atoms with Gasteiger partial charge < -0.3 is 60.2 Å². The van der Waals surface area contributed by atoms with Gasteiger partial charge in [-0.05, 0) is 38.5 Å². The molecule has 10 atom stereocenters. The molecule has 0 radical (unpaired) electrons. The Morgan fingerprint density at radius 2 is 0.882 bits per heavy atom. The molecule has 0 aliphatic rings. The van der Waals surface area contributed by atoms with E-state index in [0.29, 0.717) is 25.7 Å². The second-order valence-corrected chi connectivity index (χ2v) is 13.6. The van der Waals surface area contributed by atoms with Crippen LogP contribution in [-0.2, 0) is 28.6 Å². The van der Waals surface area contributed by atoms with Gasteiger partial charge in [-0.1, -0.05) is 65.7 Å². The number of unbranched alkanes of at least 4 members (excludes halogenated alkanes) is 6. The molecule has 0 amide bonds. The zero-order valence-electron chi connectivity index (χ0n) is 30.9. The van der Waals surface area contributed by atoms with E-state index in [4.69, 9.17) is 19.3 Å². The summed E-state index contributed by atoms with van der Waals surface area (Å²) in [6.07, 6.45) is -5.43. The topological polar surface area (TPSA) is 261 Å². The number of ether oxygens (including phenoxy) is 3. The number of aliphatic hydroxyl groups is 9. The summed E-state index contributed by atoms with van der Waals surface area (Å²) in [5.41, 5.74) is 0. The number of aliphatic hydroxyl groups excluding tert-OH is 9. The maximum Gasteiger partial charge on any atom is 0.308 e. The fourth-order valence-electron chi connectivity index (χ4n) is 5.56. The minimum Gasteiger partial charge on any atom is -0.463 e. The first-order valence-electron chi connectivity index (χ1n) is 18.8. The molecule has 0 fully saturated rings. The fourth-order valence-corrected chi connectivity index (χ4v) is 5.56. The quantitative estimate of drug-likeness (QED) is 0.0268. The fraction of sp³-hybridized carbons (Fsp3) is 0.917. The highest BCUT2D eigenvalue weighted by atomic mass is 16.6. The van der Waals surface area contributed by atoms with Gasteiger partial charge in [0.1, 0.15) is 43.2 Å². The average Bonchev–Trinajstić information content (AvgIpc) is 3.05. The van der Waals surface area contributed by atoms with Crippen LogP contribution in [0.25, 0.3) is 0 Å². The van der Waals surface area contributed by atoms with Crippen molar-refractivity contribution in [3.8, 4) is 0 Å². The van der Waals surface area contributed by atoms with Crippen molar-refractivity contribution >= 4 is 17.9 Å². The van der Waals surface area contributed by atoms with E-state index >= 15 is 0 Å². The van der Waals surface area contributed by atoms with Crippen LogP contribution in [0, 0.1) is 0 Å². The van der Waals surface area contributed by atoms with Crippen LogP contribution >= 0.6 is 0 Å². The predicted molar refractivity (Wildman–Crippen MR) is 186 cm³/mol. The van der Waals surface area contributed by atoms with Gasteiger partial charge in [0.25, 0.3) is 0 Å². The first-order valence-corrected chi connectivity index (χ1v) is 18.8. The molecule has 0 saturated carbocycles. The van der Waals surface area contributed by atoms with Crippen molar-refractivity contribution in [1.82, 2.24) is 0 Å². The number of esters is 3. The molecule has 9 N–H and O–H groups in total. The summed E-state index contributed by atoms with van der Waals surface area (Å²) in [5, 5.41) is 89.5. The standard InChI is InChI=1S/C36H68O15/c1-4-7-10-13-24(38)16-25(39)20-33(45)50-29(15-12-9-6-3)18-27(41)21-34(46)51-28(14-11-8-5-2)17-26(40)19-32(44)49-23-31(43)36(48)35(47)30(42)22-37/h24-31,35-43,47-48H,4-23H2,1-3H3/t24-,25+,26-,27-,28-,29-,30+,31-,35+,36-/m0/s1. The molecule has 0 heterocycles. The highest BCUT2D eigenvalue weighted by Crippen LogP contribution is 2.20. The molecule has 15 heteroatoms. The lowest BCUT2D eigenvalue weighted by atomic mass is 10.0. The number of rotatable bonds is 32. The summed E-state index contributed by atoms with van der Waals surface area (Å²) in [7, 11) is 0. The van der Waals surface area contributed by atoms with Gasteiger partial charge in [0.2, 0.25) is 0 Å². The van der Waals surface area contributed by atoms with Crippen molar-refractivity contribution in [3.05, 3.63) is 0 Å². The molecule has 0 aliphatic carbocycles. The summed E-state index contributed by atoms with van der Waals surface area (Å²) in [5.74, 6) is -2.35. The molecule has 302 valence electrons. The van der Waals surface area contributed by atoms with Crippen molar-refractivity contribution < 1.29 is 74.6 Å². The summed E-state index contributed by atoms with van der Waals surface area (Å²) >= 11 is 0. The van der Waals surface area contributed by atoms with Gasteiger partial charge in [0.15, 0.2) is 0 Å². The lowest BCUT2D eigenvalue weighted by Gasteiger charge is -2.25. The summed E-state index contributed by atoms with van der Waals surface area (Å²) in [6, 6.07) is 0. The number of hydrogen-bond acceptors (Lipinski definition) is 15. The third-order valence-electron chi connectivity index (χ3n) is 8.56. The van der Waals surface area contributed by atoms with Crippen molar-refractivity contribution in [1.29, 1.82) is 0 Å². The minimum atomic E-state index is -1.92. The van der Waals surface area contributed by atoms with Gasteiger partial charge >= 0.3 is 17.9 Å². The Hall–Kier alpha value is -1.95. The second-order valence-electron chi connectivity index (χ2n) is 13.6. The van der Waals surface area contributed by atoms with Gasteiger partial charge in [-0.15, -0.1) is 0 Å². The minimum absolute atomic E-state index is 0.0359. The van der Waals surface area contributed by atoms with Crippen molar-refractivity contribution in [2.75, 3.05) is 13.2 Å². The second kappa shape index (κ2) is 29.5. The van der Waals surface area contributed by atoms with E-state index in [9.17, 15) is 55.2 Å². The third-order valence-corrected chi connectivity index (χ3v) is 8.56. The lowest BCUT2D eigenvalue weighted by molar-refractivity contribution is -0.159. The Bertz CT molecular complexity index is 906.